The van der Waals surface area contributed by atoms with E-state index in [0.717, 1.165) is 24.0 Å². The van der Waals surface area contributed by atoms with E-state index in [4.69, 9.17) is 11.6 Å². The molecule has 1 aliphatic carbocycles. The highest BCUT2D eigenvalue weighted by Crippen LogP contribution is 2.39. The normalized spacial score (nSPS) is 14.1. The van der Waals surface area contributed by atoms with E-state index < -0.39 is 11.8 Å². The Kier molecular flexibility index (Phi) is 5.84. The molecule has 1 atom stereocenters. The van der Waals surface area contributed by atoms with Crippen LogP contribution in [0.3, 0.4) is 0 Å². The van der Waals surface area contributed by atoms with Crippen LogP contribution in [0.5, 0.6) is 0 Å². The molecule has 5 aromatic rings. The SMILES string of the molecule is [O-][n+]1cc(-c2c(-n3cnnn3)ccc(Cl)c2F)ccc1[C@H](CC1CC1)n1cc(-c2ccnc(F)c2)cn1. The van der Waals surface area contributed by atoms with Gasteiger partial charge in [0.15, 0.2) is 12.0 Å². The zero-order valence-corrected chi connectivity index (χ0v) is 20.0. The number of tetrazole rings is 1. The van der Waals surface area contributed by atoms with E-state index in [1.165, 1.54) is 35.5 Å². The average Bonchev–Trinajstić information content (AvgIpc) is 3.33. The summed E-state index contributed by atoms with van der Waals surface area (Å²) in [7, 11) is 0. The first-order valence-electron chi connectivity index (χ1n) is 11.6. The van der Waals surface area contributed by atoms with Crippen molar-refractivity contribution in [2.75, 3.05) is 0 Å². The van der Waals surface area contributed by atoms with Crippen LogP contribution in [0.4, 0.5) is 8.78 Å². The van der Waals surface area contributed by atoms with E-state index in [1.54, 1.807) is 41.3 Å². The molecule has 0 aliphatic heterocycles. The van der Waals surface area contributed by atoms with E-state index in [0.29, 0.717) is 34.0 Å². The second-order valence-electron chi connectivity index (χ2n) is 8.95. The lowest BCUT2D eigenvalue weighted by molar-refractivity contribution is -0.615. The van der Waals surface area contributed by atoms with Gasteiger partial charge in [0.05, 0.1) is 28.0 Å². The molecular formula is C25H19ClF2N8O. The molecule has 1 saturated carbocycles. The quantitative estimate of drug-likeness (QED) is 0.177. The molecule has 0 N–H and O–H groups in total. The van der Waals surface area contributed by atoms with Gasteiger partial charge in [-0.15, -0.1) is 5.10 Å². The Balaban J connectivity index is 1.40. The van der Waals surface area contributed by atoms with Crippen LogP contribution < -0.4 is 4.73 Å². The first-order valence-corrected chi connectivity index (χ1v) is 12.0. The lowest BCUT2D eigenvalue weighted by Crippen LogP contribution is -2.35. The van der Waals surface area contributed by atoms with E-state index >= 15 is 4.39 Å². The van der Waals surface area contributed by atoms with E-state index in [-0.39, 0.29) is 16.6 Å². The first-order chi connectivity index (χ1) is 18.0. The second-order valence-corrected chi connectivity index (χ2v) is 9.36. The van der Waals surface area contributed by atoms with Crippen LogP contribution in [-0.2, 0) is 0 Å². The van der Waals surface area contributed by atoms with Gasteiger partial charge in [-0.3, -0.25) is 4.68 Å². The third kappa shape index (κ3) is 4.53. The summed E-state index contributed by atoms with van der Waals surface area (Å²) >= 11 is 6.07. The topological polar surface area (TPSA) is 101 Å². The summed E-state index contributed by atoms with van der Waals surface area (Å²) in [5.41, 5.74) is 2.58. The number of benzene rings is 1. The van der Waals surface area contributed by atoms with Crippen molar-refractivity contribution in [3.63, 3.8) is 0 Å². The number of pyridine rings is 2. The molecule has 12 heteroatoms. The highest BCUT2D eigenvalue weighted by molar-refractivity contribution is 6.31. The molecule has 4 aromatic heterocycles. The number of hydrogen-bond donors (Lipinski definition) is 0. The fourth-order valence-corrected chi connectivity index (χ4v) is 4.61. The zero-order chi connectivity index (χ0) is 25.5. The Labute approximate surface area is 214 Å². The third-order valence-corrected chi connectivity index (χ3v) is 6.77. The van der Waals surface area contributed by atoms with Crippen LogP contribution in [-0.4, -0.2) is 35.0 Å². The van der Waals surface area contributed by atoms with Gasteiger partial charge in [0.2, 0.25) is 11.6 Å². The van der Waals surface area contributed by atoms with Gasteiger partial charge in [-0.05, 0) is 52.6 Å². The summed E-state index contributed by atoms with van der Waals surface area (Å²) in [5.74, 6) is -0.784. The third-order valence-electron chi connectivity index (χ3n) is 6.48. The van der Waals surface area contributed by atoms with E-state index in [1.807, 2.05) is 0 Å². The molecule has 6 rings (SSSR count). The van der Waals surface area contributed by atoms with Gasteiger partial charge in [-0.1, -0.05) is 24.4 Å². The Hall–Kier alpha value is -4.25. The Morgan fingerprint density at radius 2 is 1.97 bits per heavy atom. The Morgan fingerprint density at radius 1 is 1.11 bits per heavy atom. The molecule has 37 heavy (non-hydrogen) atoms. The first kappa shape index (κ1) is 23.2. The van der Waals surface area contributed by atoms with Crippen molar-refractivity contribution >= 4 is 11.6 Å². The Morgan fingerprint density at radius 3 is 2.70 bits per heavy atom. The highest BCUT2D eigenvalue weighted by Gasteiger charge is 2.32. The van der Waals surface area contributed by atoms with Crippen molar-refractivity contribution in [3.8, 4) is 27.9 Å². The standard InChI is InChI=1S/C25H19ClF2N8O/c26-19-4-6-21(35-14-30-32-33-35)24(25(19)28)17-3-5-20(36(37)13-17)22(9-15-1-2-15)34-12-18(11-31-34)16-7-8-29-23(27)10-16/h3-8,10-15,22H,1-2,9H2/t22-/m0/s1. The lowest BCUT2D eigenvalue weighted by Gasteiger charge is -2.18. The van der Waals surface area contributed by atoms with Crippen molar-refractivity contribution in [1.29, 1.82) is 0 Å². The van der Waals surface area contributed by atoms with E-state index in [9.17, 15) is 9.60 Å². The molecular weight excluding hydrogens is 502 g/mol. The van der Waals surface area contributed by atoms with Crippen LogP contribution in [0.25, 0.3) is 27.9 Å². The summed E-state index contributed by atoms with van der Waals surface area (Å²) in [6, 6.07) is 9.02. The minimum absolute atomic E-state index is 0.0865. The predicted molar refractivity (Wildman–Crippen MR) is 129 cm³/mol. The summed E-state index contributed by atoms with van der Waals surface area (Å²) in [6.07, 6.45) is 10.4. The summed E-state index contributed by atoms with van der Waals surface area (Å²) in [5, 5.41) is 28.8. The smallest absolute Gasteiger partial charge is 0.217 e. The van der Waals surface area contributed by atoms with Crippen molar-refractivity contribution < 1.29 is 13.5 Å². The molecule has 0 spiro atoms. The van der Waals surface area contributed by atoms with Crippen LogP contribution >= 0.6 is 11.6 Å². The molecule has 1 fully saturated rings. The van der Waals surface area contributed by atoms with Crippen molar-refractivity contribution in [2.45, 2.75) is 25.3 Å². The summed E-state index contributed by atoms with van der Waals surface area (Å²) in [4.78, 5) is 3.60. The van der Waals surface area contributed by atoms with Crippen LogP contribution in [0.15, 0.2) is 67.5 Å². The molecule has 186 valence electrons. The molecule has 0 radical (unpaired) electrons. The highest BCUT2D eigenvalue weighted by atomic mass is 35.5. The molecule has 0 amide bonds. The fraction of sp³-hybridized carbons (Fsp3) is 0.200. The minimum Gasteiger partial charge on any atom is -0.618 e. The van der Waals surface area contributed by atoms with Crippen LogP contribution in [0, 0.1) is 22.9 Å². The number of nitrogens with zero attached hydrogens (tertiary/aromatic N) is 8. The Bertz CT molecular complexity index is 1590. The van der Waals surface area contributed by atoms with Gasteiger partial charge in [0, 0.05) is 30.1 Å². The van der Waals surface area contributed by atoms with Gasteiger partial charge in [0.1, 0.15) is 12.4 Å². The fourth-order valence-electron chi connectivity index (χ4n) is 4.45. The average molecular weight is 521 g/mol. The maximum Gasteiger partial charge on any atom is 0.217 e. The zero-order valence-electron chi connectivity index (χ0n) is 19.2. The molecule has 0 bridgehead atoms. The predicted octanol–water partition coefficient (Wildman–Crippen LogP) is 4.54. The maximum absolute atomic E-state index is 15.2. The van der Waals surface area contributed by atoms with Gasteiger partial charge < -0.3 is 5.21 Å². The largest absolute Gasteiger partial charge is 0.618 e. The van der Waals surface area contributed by atoms with Crippen LogP contribution in [0.2, 0.25) is 5.02 Å². The molecule has 0 saturated heterocycles. The number of halogens is 3. The number of hydrogen-bond acceptors (Lipinski definition) is 6. The summed E-state index contributed by atoms with van der Waals surface area (Å²) < 4.78 is 32.6. The molecule has 0 unspecified atom stereocenters. The lowest BCUT2D eigenvalue weighted by atomic mass is 10.0. The van der Waals surface area contributed by atoms with Gasteiger partial charge in [-0.2, -0.15) is 18.9 Å². The van der Waals surface area contributed by atoms with Crippen molar-refractivity contribution in [3.05, 3.63) is 95.2 Å². The monoisotopic (exact) mass is 520 g/mol. The molecule has 9 nitrogen and oxygen atoms in total. The second kappa shape index (κ2) is 9.32. The van der Waals surface area contributed by atoms with E-state index in [2.05, 4.69) is 25.6 Å². The van der Waals surface area contributed by atoms with Crippen molar-refractivity contribution in [2.24, 2.45) is 5.92 Å². The van der Waals surface area contributed by atoms with Crippen molar-refractivity contribution in [1.82, 2.24) is 35.0 Å². The number of aromatic nitrogens is 8. The van der Waals surface area contributed by atoms with Crippen LogP contribution in [0.1, 0.15) is 31.0 Å². The van der Waals surface area contributed by atoms with Gasteiger partial charge >= 0.3 is 0 Å². The summed E-state index contributed by atoms with van der Waals surface area (Å²) in [6.45, 7) is 0. The maximum atomic E-state index is 15.2. The number of rotatable bonds is 7. The minimum atomic E-state index is -0.682. The molecule has 1 aliphatic rings. The van der Waals surface area contributed by atoms with Gasteiger partial charge in [0.25, 0.3) is 0 Å². The molecule has 4 heterocycles. The molecule has 1 aromatic carbocycles. The van der Waals surface area contributed by atoms with Gasteiger partial charge in [-0.25, -0.2) is 9.37 Å².